The lowest BCUT2D eigenvalue weighted by molar-refractivity contribution is -0.152. The van der Waals surface area contributed by atoms with E-state index in [4.69, 9.17) is 14.2 Å². The molecule has 0 heterocycles. The second kappa shape index (κ2) is 14.4. The molecule has 0 saturated heterocycles. The van der Waals surface area contributed by atoms with Gasteiger partial charge in [-0.3, -0.25) is 24.0 Å². The lowest BCUT2D eigenvalue weighted by Crippen LogP contribution is -2.59. The van der Waals surface area contributed by atoms with Gasteiger partial charge in [-0.15, -0.1) is 0 Å². The molecule has 0 aliphatic rings. The summed E-state index contributed by atoms with van der Waals surface area (Å²) in [7, 11) is 0. The number of ether oxygens (including phenoxy) is 3. The van der Waals surface area contributed by atoms with Gasteiger partial charge in [0.15, 0.2) is 0 Å². The summed E-state index contributed by atoms with van der Waals surface area (Å²) >= 11 is 0. The van der Waals surface area contributed by atoms with Crippen molar-refractivity contribution in [2.24, 2.45) is 0 Å². The molecule has 3 unspecified atom stereocenters. The molecule has 0 saturated carbocycles. The lowest BCUT2D eigenvalue weighted by Gasteiger charge is -2.33. The highest BCUT2D eigenvalue weighted by Gasteiger charge is 2.34. The first kappa shape index (κ1) is 26.4. The first-order valence-electron chi connectivity index (χ1n) is 9.57. The quantitative estimate of drug-likeness (QED) is 0.253. The molecule has 0 aromatic rings. The maximum atomic E-state index is 11.7. The first-order valence-corrected chi connectivity index (χ1v) is 9.57. The average Bonchev–Trinajstić information content (AvgIpc) is 2.58. The Labute approximate surface area is 171 Å². The van der Waals surface area contributed by atoms with Crippen molar-refractivity contribution in [3.05, 3.63) is 0 Å². The number of esters is 3. The SMILES string of the molecule is CCOC(=O)CCCCC(OC(C)=O)C(NC(C)=O)C(COC(C)=O)NC(C)=O. The lowest BCUT2D eigenvalue weighted by atomic mass is 9.97. The van der Waals surface area contributed by atoms with E-state index in [1.54, 1.807) is 6.92 Å². The van der Waals surface area contributed by atoms with Crippen LogP contribution in [0.4, 0.5) is 0 Å². The van der Waals surface area contributed by atoms with Gasteiger partial charge in [0.05, 0.1) is 18.7 Å². The molecule has 2 N–H and O–H groups in total. The second-order valence-corrected chi connectivity index (χ2v) is 6.53. The Morgan fingerprint density at radius 3 is 1.93 bits per heavy atom. The van der Waals surface area contributed by atoms with Crippen LogP contribution in [0.2, 0.25) is 0 Å². The normalized spacial score (nSPS) is 13.4. The van der Waals surface area contributed by atoms with E-state index in [-0.39, 0.29) is 19.0 Å². The largest absolute Gasteiger partial charge is 0.466 e. The van der Waals surface area contributed by atoms with Crippen LogP contribution in [0.3, 0.4) is 0 Å². The van der Waals surface area contributed by atoms with Crippen LogP contribution in [0.5, 0.6) is 0 Å². The summed E-state index contributed by atoms with van der Waals surface area (Å²) in [4.78, 5) is 57.6. The van der Waals surface area contributed by atoms with Crippen molar-refractivity contribution in [2.45, 2.75) is 78.5 Å². The molecule has 0 bridgehead atoms. The molecule has 0 rings (SSSR count). The predicted octanol–water partition coefficient (Wildman–Crippen LogP) is 0.614. The second-order valence-electron chi connectivity index (χ2n) is 6.53. The molecule has 10 heteroatoms. The third-order valence-corrected chi connectivity index (χ3v) is 3.80. The summed E-state index contributed by atoms with van der Waals surface area (Å²) < 4.78 is 15.2. The average molecular weight is 416 g/mol. The molecule has 0 radical (unpaired) electrons. The van der Waals surface area contributed by atoms with Gasteiger partial charge in [-0.2, -0.15) is 0 Å². The fraction of sp³-hybridized carbons (Fsp3) is 0.737. The zero-order chi connectivity index (χ0) is 22.4. The topological polar surface area (TPSA) is 137 Å². The van der Waals surface area contributed by atoms with Gasteiger partial charge in [0.2, 0.25) is 11.8 Å². The number of unbranched alkanes of at least 4 members (excludes halogenated alkanes) is 1. The number of rotatable bonds is 13. The number of carbonyl (C=O) groups is 5. The fourth-order valence-electron chi connectivity index (χ4n) is 2.76. The zero-order valence-electron chi connectivity index (χ0n) is 17.7. The Hall–Kier alpha value is -2.65. The Bertz CT molecular complexity index is 579. The highest BCUT2D eigenvalue weighted by Crippen LogP contribution is 2.15. The maximum absolute atomic E-state index is 11.7. The molecule has 10 nitrogen and oxygen atoms in total. The monoisotopic (exact) mass is 416 g/mol. The van der Waals surface area contributed by atoms with Crippen molar-refractivity contribution >= 4 is 29.7 Å². The van der Waals surface area contributed by atoms with E-state index >= 15 is 0 Å². The van der Waals surface area contributed by atoms with E-state index in [0.29, 0.717) is 25.9 Å². The fourth-order valence-corrected chi connectivity index (χ4v) is 2.76. The number of amides is 2. The third kappa shape index (κ3) is 13.2. The molecule has 0 spiro atoms. The summed E-state index contributed by atoms with van der Waals surface area (Å²) in [5.41, 5.74) is 0. The third-order valence-electron chi connectivity index (χ3n) is 3.80. The number of nitrogens with one attached hydrogen (secondary N) is 2. The van der Waals surface area contributed by atoms with E-state index in [9.17, 15) is 24.0 Å². The Balaban J connectivity index is 5.35. The molecule has 0 aromatic heterocycles. The smallest absolute Gasteiger partial charge is 0.305 e. The Morgan fingerprint density at radius 1 is 0.828 bits per heavy atom. The molecule has 2 amide bonds. The van der Waals surface area contributed by atoms with Gasteiger partial charge in [-0.1, -0.05) is 0 Å². The van der Waals surface area contributed by atoms with Crippen molar-refractivity contribution < 1.29 is 38.2 Å². The van der Waals surface area contributed by atoms with Crippen LogP contribution in [-0.2, 0) is 38.2 Å². The van der Waals surface area contributed by atoms with E-state index in [1.165, 1.54) is 27.7 Å². The van der Waals surface area contributed by atoms with Crippen LogP contribution >= 0.6 is 0 Å². The van der Waals surface area contributed by atoms with E-state index in [1.807, 2.05) is 0 Å². The summed E-state index contributed by atoms with van der Waals surface area (Å²) in [6, 6.07) is -1.64. The Kier molecular flexibility index (Phi) is 13.0. The molecule has 0 aromatic carbocycles. The van der Waals surface area contributed by atoms with Crippen LogP contribution in [-0.4, -0.2) is 61.1 Å². The van der Waals surface area contributed by atoms with E-state index in [0.717, 1.165) is 0 Å². The van der Waals surface area contributed by atoms with Crippen LogP contribution in [0.15, 0.2) is 0 Å². The molecule has 0 aliphatic carbocycles. The predicted molar refractivity (Wildman–Crippen MR) is 102 cm³/mol. The summed E-state index contributed by atoms with van der Waals surface area (Å²) in [6.07, 6.45) is 0.741. The summed E-state index contributed by atoms with van der Waals surface area (Å²) in [5.74, 6) is -2.25. The minimum Gasteiger partial charge on any atom is -0.466 e. The number of hydrogen-bond acceptors (Lipinski definition) is 8. The first-order chi connectivity index (χ1) is 13.6. The maximum Gasteiger partial charge on any atom is 0.305 e. The molecule has 3 atom stereocenters. The highest BCUT2D eigenvalue weighted by molar-refractivity contribution is 5.75. The van der Waals surface area contributed by atoms with Gasteiger partial charge < -0.3 is 24.8 Å². The van der Waals surface area contributed by atoms with Gasteiger partial charge in [0, 0.05) is 34.1 Å². The van der Waals surface area contributed by atoms with Gasteiger partial charge in [-0.25, -0.2) is 0 Å². The van der Waals surface area contributed by atoms with Gasteiger partial charge in [-0.05, 0) is 26.2 Å². The molecule has 0 fully saturated rings. The summed E-state index contributed by atoms with van der Waals surface area (Å²) in [6.45, 7) is 6.83. The number of carbonyl (C=O) groups excluding carboxylic acids is 5. The molecular formula is C19H32N2O8. The molecule has 29 heavy (non-hydrogen) atoms. The number of hydrogen-bond donors (Lipinski definition) is 2. The van der Waals surface area contributed by atoms with Crippen LogP contribution < -0.4 is 10.6 Å². The minimum atomic E-state index is -0.831. The van der Waals surface area contributed by atoms with Gasteiger partial charge >= 0.3 is 17.9 Å². The van der Waals surface area contributed by atoms with Gasteiger partial charge in [0.1, 0.15) is 12.7 Å². The van der Waals surface area contributed by atoms with Crippen molar-refractivity contribution in [3.8, 4) is 0 Å². The van der Waals surface area contributed by atoms with Crippen LogP contribution in [0.25, 0.3) is 0 Å². The van der Waals surface area contributed by atoms with E-state index in [2.05, 4.69) is 10.6 Å². The Morgan fingerprint density at radius 2 is 1.45 bits per heavy atom. The van der Waals surface area contributed by atoms with Crippen molar-refractivity contribution in [1.29, 1.82) is 0 Å². The molecule has 166 valence electrons. The minimum absolute atomic E-state index is 0.208. The standard InChI is InChI=1S/C19H32N2O8/c1-6-27-18(26)10-8-7-9-17(29-15(5)25)19(21-13(3)23)16(20-12(2)22)11-28-14(4)24/h16-17,19H,6-11H2,1-5H3,(H,20,22)(H,21,23). The van der Waals surface area contributed by atoms with Gasteiger partial charge in [0.25, 0.3) is 0 Å². The molecule has 0 aliphatic heterocycles. The van der Waals surface area contributed by atoms with Crippen LogP contribution in [0, 0.1) is 0 Å². The van der Waals surface area contributed by atoms with E-state index < -0.39 is 41.9 Å². The highest BCUT2D eigenvalue weighted by atomic mass is 16.5. The van der Waals surface area contributed by atoms with Crippen molar-refractivity contribution in [2.75, 3.05) is 13.2 Å². The molecular weight excluding hydrogens is 384 g/mol. The van der Waals surface area contributed by atoms with Crippen molar-refractivity contribution in [1.82, 2.24) is 10.6 Å². The van der Waals surface area contributed by atoms with Crippen molar-refractivity contribution in [3.63, 3.8) is 0 Å². The zero-order valence-corrected chi connectivity index (χ0v) is 17.7. The van der Waals surface area contributed by atoms with Crippen LogP contribution in [0.1, 0.15) is 60.3 Å². The summed E-state index contributed by atoms with van der Waals surface area (Å²) in [5, 5.41) is 5.29.